The smallest absolute Gasteiger partial charge is 0.296 e. The Morgan fingerprint density at radius 1 is 1.33 bits per heavy atom. The number of carbonyl (C=O) groups excluding carboxylic acids is 1. The van der Waals surface area contributed by atoms with Crippen LogP contribution in [0.3, 0.4) is 0 Å². The van der Waals surface area contributed by atoms with Crippen LogP contribution < -0.4 is 9.68 Å². The lowest BCUT2D eigenvalue weighted by molar-refractivity contribution is -0.248. The first kappa shape index (κ1) is 15.1. The lowest BCUT2D eigenvalue weighted by Gasteiger charge is -2.20. The molecule has 0 N–H and O–H groups in total. The van der Waals surface area contributed by atoms with Gasteiger partial charge in [0.1, 0.15) is 0 Å². The van der Waals surface area contributed by atoms with Crippen LogP contribution >= 0.6 is 11.6 Å². The van der Waals surface area contributed by atoms with Gasteiger partial charge in [-0.15, -0.1) is 0 Å². The van der Waals surface area contributed by atoms with Gasteiger partial charge in [-0.3, -0.25) is 4.79 Å². The molecule has 21 heavy (non-hydrogen) atoms. The Hall–Kier alpha value is -2.34. The number of para-hydroxylation sites is 1. The zero-order valence-corrected chi connectivity index (χ0v) is 11.9. The molecule has 0 fully saturated rings. The number of amides is 1. The van der Waals surface area contributed by atoms with Crippen molar-refractivity contribution in [3.63, 3.8) is 0 Å². The largest absolute Gasteiger partial charge is 0.343 e. The van der Waals surface area contributed by atoms with E-state index in [-0.39, 0.29) is 11.4 Å². The number of pyridine rings is 1. The van der Waals surface area contributed by atoms with Crippen LogP contribution in [0.25, 0.3) is 0 Å². The second kappa shape index (κ2) is 6.90. The molecule has 0 spiro atoms. The highest BCUT2D eigenvalue weighted by Gasteiger charge is 2.19. The Morgan fingerprint density at radius 3 is 2.67 bits per heavy atom. The summed E-state index contributed by atoms with van der Waals surface area (Å²) in [5.74, 6) is -1.33. The van der Waals surface area contributed by atoms with E-state index in [0.717, 1.165) is 6.07 Å². The minimum Gasteiger partial charge on any atom is -0.343 e. The van der Waals surface area contributed by atoms with Crippen LogP contribution in [0.15, 0.2) is 42.6 Å². The molecule has 0 bridgehead atoms. The van der Waals surface area contributed by atoms with Gasteiger partial charge in [-0.05, 0) is 18.2 Å². The molecule has 0 saturated carbocycles. The molecule has 0 unspecified atom stereocenters. The summed E-state index contributed by atoms with van der Waals surface area (Å²) in [5, 5.41) is 0.714. The van der Waals surface area contributed by atoms with Gasteiger partial charge in [-0.1, -0.05) is 36.7 Å². The minimum atomic E-state index is -0.798. The lowest BCUT2D eigenvalue weighted by atomic mass is 10.3. The molecule has 2 rings (SSSR count). The van der Waals surface area contributed by atoms with Crippen molar-refractivity contribution in [3.8, 4) is 11.6 Å². The predicted octanol–water partition coefficient (Wildman–Crippen LogP) is 3.40. The van der Waals surface area contributed by atoms with E-state index in [2.05, 4.69) is 4.98 Å². The molecule has 0 aliphatic heterocycles. The van der Waals surface area contributed by atoms with E-state index >= 15 is 0 Å². The summed E-state index contributed by atoms with van der Waals surface area (Å²) in [6.07, 6.45) is 1.32. The SMILES string of the molecule is CCC(=O)N(Oc1ccccc1)Oc1ncc(Cl)cc1F. The monoisotopic (exact) mass is 310 g/mol. The molecule has 0 saturated heterocycles. The first-order chi connectivity index (χ1) is 10.1. The third-order valence-corrected chi connectivity index (χ3v) is 2.59. The van der Waals surface area contributed by atoms with Crippen LogP contribution in [0.2, 0.25) is 5.02 Å². The lowest BCUT2D eigenvalue weighted by Crippen LogP contribution is -2.37. The van der Waals surface area contributed by atoms with E-state index in [1.165, 1.54) is 6.20 Å². The molecule has 7 heteroatoms. The van der Waals surface area contributed by atoms with Gasteiger partial charge in [0.05, 0.1) is 5.02 Å². The van der Waals surface area contributed by atoms with E-state index in [4.69, 9.17) is 21.3 Å². The average Bonchev–Trinajstić information content (AvgIpc) is 2.49. The Morgan fingerprint density at radius 2 is 2.05 bits per heavy atom. The van der Waals surface area contributed by atoms with Crippen molar-refractivity contribution < 1.29 is 18.9 Å². The van der Waals surface area contributed by atoms with Crippen molar-refractivity contribution in [2.24, 2.45) is 0 Å². The fourth-order valence-electron chi connectivity index (χ4n) is 1.37. The number of hydroxylamine groups is 2. The maximum absolute atomic E-state index is 13.7. The Balaban J connectivity index is 2.18. The number of rotatable bonds is 5. The molecule has 2 aromatic rings. The molecule has 1 heterocycles. The second-order valence-electron chi connectivity index (χ2n) is 3.94. The summed E-state index contributed by atoms with van der Waals surface area (Å²) in [7, 11) is 0. The molecule has 110 valence electrons. The number of aromatic nitrogens is 1. The van der Waals surface area contributed by atoms with Gasteiger partial charge in [0.2, 0.25) is 0 Å². The molecule has 1 amide bonds. The molecular weight excluding hydrogens is 299 g/mol. The highest BCUT2D eigenvalue weighted by Crippen LogP contribution is 2.20. The summed E-state index contributed by atoms with van der Waals surface area (Å²) < 4.78 is 13.7. The van der Waals surface area contributed by atoms with Crippen LogP contribution in [-0.2, 0) is 4.79 Å². The molecule has 1 aromatic carbocycles. The second-order valence-corrected chi connectivity index (χ2v) is 4.38. The van der Waals surface area contributed by atoms with Crippen molar-refractivity contribution >= 4 is 17.5 Å². The van der Waals surface area contributed by atoms with Gasteiger partial charge in [0, 0.05) is 17.8 Å². The Kier molecular flexibility index (Phi) is 4.94. The number of benzene rings is 1. The van der Waals surface area contributed by atoms with Gasteiger partial charge in [-0.2, -0.15) is 0 Å². The third-order valence-electron chi connectivity index (χ3n) is 2.38. The third kappa shape index (κ3) is 4.06. The molecule has 0 atom stereocenters. The number of hydrogen-bond acceptors (Lipinski definition) is 4. The maximum Gasteiger partial charge on any atom is 0.296 e. The zero-order chi connectivity index (χ0) is 15.2. The Labute approximate surface area is 125 Å². The van der Waals surface area contributed by atoms with Crippen molar-refractivity contribution in [1.29, 1.82) is 0 Å². The van der Waals surface area contributed by atoms with Gasteiger partial charge in [0.15, 0.2) is 11.6 Å². The first-order valence-electron chi connectivity index (χ1n) is 6.15. The van der Waals surface area contributed by atoms with Crippen molar-refractivity contribution in [3.05, 3.63) is 53.4 Å². The number of hydrogen-bond donors (Lipinski definition) is 0. The van der Waals surface area contributed by atoms with Gasteiger partial charge < -0.3 is 9.68 Å². The van der Waals surface area contributed by atoms with E-state index in [1.807, 2.05) is 0 Å². The molecule has 0 aliphatic rings. The van der Waals surface area contributed by atoms with E-state index < -0.39 is 17.6 Å². The maximum atomic E-state index is 13.7. The quantitative estimate of drug-likeness (QED) is 0.794. The van der Waals surface area contributed by atoms with Crippen LogP contribution in [0.4, 0.5) is 4.39 Å². The van der Waals surface area contributed by atoms with Crippen molar-refractivity contribution in [2.45, 2.75) is 13.3 Å². The summed E-state index contributed by atoms with van der Waals surface area (Å²) in [5.41, 5.74) is 0. The van der Waals surface area contributed by atoms with E-state index in [0.29, 0.717) is 11.0 Å². The highest BCUT2D eigenvalue weighted by atomic mass is 35.5. The standard InChI is InChI=1S/C14H12ClFN2O3/c1-2-13(19)18(20-11-6-4-3-5-7-11)21-14-12(16)8-10(15)9-17-14/h3-9H,2H2,1H3. The van der Waals surface area contributed by atoms with Crippen LogP contribution in [0.5, 0.6) is 11.6 Å². The summed E-state index contributed by atoms with van der Waals surface area (Å²) in [6, 6.07) is 9.53. The van der Waals surface area contributed by atoms with Crippen LogP contribution in [0, 0.1) is 5.82 Å². The number of halogens is 2. The molecule has 0 radical (unpaired) electrons. The van der Waals surface area contributed by atoms with E-state index in [9.17, 15) is 9.18 Å². The van der Waals surface area contributed by atoms with Crippen molar-refractivity contribution in [2.75, 3.05) is 0 Å². The highest BCUT2D eigenvalue weighted by molar-refractivity contribution is 6.30. The minimum absolute atomic E-state index is 0.113. The number of carbonyl (C=O) groups is 1. The zero-order valence-electron chi connectivity index (χ0n) is 11.1. The molecule has 1 aromatic heterocycles. The molecule has 5 nitrogen and oxygen atoms in total. The fraction of sp³-hybridized carbons (Fsp3) is 0.143. The first-order valence-corrected chi connectivity index (χ1v) is 6.53. The summed E-state index contributed by atoms with van der Waals surface area (Å²) in [4.78, 5) is 25.8. The van der Waals surface area contributed by atoms with Gasteiger partial charge >= 0.3 is 0 Å². The topological polar surface area (TPSA) is 51.7 Å². The average molecular weight is 311 g/mol. The van der Waals surface area contributed by atoms with Crippen molar-refractivity contribution in [1.82, 2.24) is 10.2 Å². The predicted molar refractivity (Wildman–Crippen MR) is 74.0 cm³/mol. The van der Waals surface area contributed by atoms with Crippen LogP contribution in [-0.4, -0.2) is 16.1 Å². The molecule has 0 aliphatic carbocycles. The normalized spacial score (nSPS) is 10.0. The summed E-state index contributed by atoms with van der Waals surface area (Å²) >= 11 is 5.60. The fourth-order valence-corrected chi connectivity index (χ4v) is 1.52. The van der Waals surface area contributed by atoms with Gasteiger partial charge in [0.25, 0.3) is 11.8 Å². The number of nitrogens with zero attached hydrogens (tertiary/aromatic N) is 2. The summed E-state index contributed by atoms with van der Waals surface area (Å²) in [6.45, 7) is 1.62. The van der Waals surface area contributed by atoms with Crippen LogP contribution in [0.1, 0.15) is 13.3 Å². The molecular formula is C14H12ClFN2O3. The van der Waals surface area contributed by atoms with Gasteiger partial charge in [-0.25, -0.2) is 9.37 Å². The van der Waals surface area contributed by atoms with E-state index in [1.54, 1.807) is 37.3 Å². The Bertz CT molecular complexity index is 625.